The van der Waals surface area contributed by atoms with Crippen LogP contribution in [-0.4, -0.2) is 17.6 Å². The van der Waals surface area contributed by atoms with Gasteiger partial charge in [-0.1, -0.05) is 37.8 Å². The molecule has 2 atom stereocenters. The lowest BCUT2D eigenvalue weighted by molar-refractivity contribution is -0.123. The molecule has 1 aromatic rings. The van der Waals surface area contributed by atoms with E-state index in [1.165, 1.54) is 0 Å². The predicted octanol–water partition coefficient (Wildman–Crippen LogP) is 2.25. The molecule has 0 radical (unpaired) electrons. The van der Waals surface area contributed by atoms with Gasteiger partial charge < -0.3 is 10.4 Å². The van der Waals surface area contributed by atoms with Gasteiger partial charge in [0.15, 0.2) is 0 Å². The number of carbonyl (C=O) groups excluding carboxylic acids is 1. The van der Waals surface area contributed by atoms with E-state index < -0.39 is 0 Å². The van der Waals surface area contributed by atoms with Crippen molar-refractivity contribution in [1.82, 2.24) is 5.32 Å². The molecule has 1 aliphatic rings. The van der Waals surface area contributed by atoms with Crippen LogP contribution < -0.4 is 5.32 Å². The molecular formula is C17H21NO2. The van der Waals surface area contributed by atoms with Crippen molar-refractivity contribution in [2.75, 3.05) is 6.61 Å². The lowest BCUT2D eigenvalue weighted by Gasteiger charge is -2.15. The minimum Gasteiger partial charge on any atom is -0.384 e. The zero-order chi connectivity index (χ0) is 14.8. The Morgan fingerprint density at radius 1 is 1.45 bits per heavy atom. The Bertz CT molecular complexity index is 549. The maximum Gasteiger partial charge on any atom is 0.224 e. The Labute approximate surface area is 120 Å². The zero-order valence-electron chi connectivity index (χ0n) is 12.2. The normalized spacial score (nSPS) is 20.5. The number of aliphatic hydroxyl groups excluding tert-OH is 1. The van der Waals surface area contributed by atoms with Crippen LogP contribution in [0.25, 0.3) is 0 Å². The van der Waals surface area contributed by atoms with Crippen molar-refractivity contribution in [2.45, 2.75) is 33.2 Å². The quantitative estimate of drug-likeness (QED) is 0.828. The summed E-state index contributed by atoms with van der Waals surface area (Å²) in [5.41, 5.74) is 2.09. The van der Waals surface area contributed by atoms with E-state index in [0.29, 0.717) is 0 Å². The number of nitrogens with one attached hydrogen (secondary N) is 1. The number of amides is 1. The topological polar surface area (TPSA) is 49.3 Å². The average Bonchev–Trinajstić information content (AvgIpc) is 3.06. The second-order valence-corrected chi connectivity index (χ2v) is 6.06. The number of carbonyl (C=O) groups is 1. The van der Waals surface area contributed by atoms with Gasteiger partial charge in [-0.3, -0.25) is 4.79 Å². The highest BCUT2D eigenvalue weighted by atomic mass is 16.2. The van der Waals surface area contributed by atoms with E-state index in [4.69, 9.17) is 5.11 Å². The van der Waals surface area contributed by atoms with E-state index in [9.17, 15) is 4.79 Å². The van der Waals surface area contributed by atoms with Gasteiger partial charge in [0.1, 0.15) is 6.61 Å². The molecule has 1 fully saturated rings. The fourth-order valence-electron chi connectivity index (χ4n) is 2.31. The first kappa shape index (κ1) is 14.6. The van der Waals surface area contributed by atoms with Crippen molar-refractivity contribution in [3.8, 4) is 11.8 Å². The molecule has 0 bridgehead atoms. The van der Waals surface area contributed by atoms with Crippen molar-refractivity contribution >= 4 is 5.91 Å². The highest BCUT2D eigenvalue weighted by molar-refractivity contribution is 5.82. The van der Waals surface area contributed by atoms with Gasteiger partial charge in [0.2, 0.25) is 5.91 Å². The molecule has 20 heavy (non-hydrogen) atoms. The number of hydrogen-bond acceptors (Lipinski definition) is 2. The van der Waals surface area contributed by atoms with Gasteiger partial charge in [-0.2, -0.15) is 0 Å². The number of aliphatic hydroxyl groups is 1. The van der Waals surface area contributed by atoms with Crippen LogP contribution in [-0.2, 0) is 4.79 Å². The maximum absolute atomic E-state index is 12.1. The summed E-state index contributed by atoms with van der Waals surface area (Å²) >= 11 is 0. The third-order valence-electron chi connectivity index (χ3n) is 3.91. The molecule has 0 aliphatic heterocycles. The second kappa shape index (κ2) is 5.68. The molecule has 0 aromatic heterocycles. The van der Waals surface area contributed by atoms with Gasteiger partial charge in [0.25, 0.3) is 0 Å². The summed E-state index contributed by atoms with van der Waals surface area (Å²) in [6, 6.07) is 7.73. The summed E-state index contributed by atoms with van der Waals surface area (Å²) in [6.07, 6.45) is 0.973. The monoisotopic (exact) mass is 271 g/mol. The van der Waals surface area contributed by atoms with Gasteiger partial charge in [0.05, 0.1) is 6.04 Å². The van der Waals surface area contributed by atoms with Crippen molar-refractivity contribution in [3.63, 3.8) is 0 Å². The molecule has 3 heteroatoms. The molecule has 0 heterocycles. The van der Waals surface area contributed by atoms with Crippen LogP contribution in [0.1, 0.15) is 44.4 Å². The van der Waals surface area contributed by atoms with E-state index in [0.717, 1.165) is 17.5 Å². The lowest BCUT2D eigenvalue weighted by Crippen LogP contribution is -2.29. The van der Waals surface area contributed by atoms with Gasteiger partial charge >= 0.3 is 0 Å². The molecule has 3 nitrogen and oxygen atoms in total. The predicted molar refractivity (Wildman–Crippen MR) is 78.9 cm³/mol. The summed E-state index contributed by atoms with van der Waals surface area (Å²) in [5.74, 6) is 5.76. The maximum atomic E-state index is 12.1. The molecule has 1 amide bonds. The molecule has 106 valence electrons. The Morgan fingerprint density at radius 2 is 2.05 bits per heavy atom. The third kappa shape index (κ3) is 3.40. The van der Waals surface area contributed by atoms with Crippen LogP contribution in [0.3, 0.4) is 0 Å². The Hall–Kier alpha value is -1.79. The highest BCUT2D eigenvalue weighted by Gasteiger charge is 2.50. The summed E-state index contributed by atoms with van der Waals surface area (Å²) in [5, 5.41) is 11.7. The molecule has 2 unspecified atom stereocenters. The van der Waals surface area contributed by atoms with E-state index >= 15 is 0 Å². The van der Waals surface area contributed by atoms with Crippen molar-refractivity contribution in [2.24, 2.45) is 11.3 Å². The molecule has 2 N–H and O–H groups in total. The number of hydrogen-bond donors (Lipinski definition) is 2. The Balaban J connectivity index is 1.96. The molecule has 1 saturated carbocycles. The van der Waals surface area contributed by atoms with Gasteiger partial charge in [-0.25, -0.2) is 0 Å². The first-order chi connectivity index (χ1) is 9.44. The highest BCUT2D eigenvalue weighted by Crippen LogP contribution is 2.51. The largest absolute Gasteiger partial charge is 0.384 e. The van der Waals surface area contributed by atoms with E-state index in [1.54, 1.807) is 0 Å². The Kier molecular flexibility index (Phi) is 4.15. The Morgan fingerprint density at radius 3 is 2.55 bits per heavy atom. The fourth-order valence-corrected chi connectivity index (χ4v) is 2.31. The van der Waals surface area contributed by atoms with Crippen molar-refractivity contribution < 1.29 is 9.90 Å². The van der Waals surface area contributed by atoms with Crippen LogP contribution in [0.5, 0.6) is 0 Å². The van der Waals surface area contributed by atoms with Gasteiger partial charge in [0, 0.05) is 11.5 Å². The fraction of sp³-hybridized carbons (Fsp3) is 0.471. The first-order valence-corrected chi connectivity index (χ1v) is 6.94. The van der Waals surface area contributed by atoms with E-state index in [2.05, 4.69) is 31.0 Å². The van der Waals surface area contributed by atoms with Crippen LogP contribution in [0.2, 0.25) is 0 Å². The minimum atomic E-state index is -0.134. The van der Waals surface area contributed by atoms with Crippen LogP contribution in [0.15, 0.2) is 24.3 Å². The first-order valence-electron chi connectivity index (χ1n) is 6.94. The van der Waals surface area contributed by atoms with Crippen molar-refractivity contribution in [1.29, 1.82) is 0 Å². The molecular weight excluding hydrogens is 250 g/mol. The SMILES string of the molecule is CC(NC(=O)C1CC1(C)C)c1ccc(C#CCO)cc1. The van der Waals surface area contributed by atoms with Crippen LogP contribution in [0, 0.1) is 23.2 Å². The van der Waals surface area contributed by atoms with Gasteiger partial charge in [-0.15, -0.1) is 0 Å². The molecule has 0 spiro atoms. The molecule has 1 aromatic carbocycles. The van der Waals surface area contributed by atoms with Gasteiger partial charge in [-0.05, 0) is 36.5 Å². The molecule has 2 rings (SSSR count). The lowest BCUT2D eigenvalue weighted by atomic mass is 10.1. The summed E-state index contributed by atoms with van der Waals surface area (Å²) in [6.45, 7) is 6.10. The zero-order valence-corrected chi connectivity index (χ0v) is 12.2. The number of benzene rings is 1. The van der Waals surface area contributed by atoms with Crippen LogP contribution in [0.4, 0.5) is 0 Å². The number of rotatable bonds is 3. The second-order valence-electron chi connectivity index (χ2n) is 6.06. The average molecular weight is 271 g/mol. The summed E-state index contributed by atoms with van der Waals surface area (Å²) in [4.78, 5) is 12.1. The van der Waals surface area contributed by atoms with E-state index in [1.807, 2.05) is 31.2 Å². The summed E-state index contributed by atoms with van der Waals surface area (Å²) in [7, 11) is 0. The van der Waals surface area contributed by atoms with E-state index in [-0.39, 0.29) is 29.9 Å². The third-order valence-corrected chi connectivity index (χ3v) is 3.91. The van der Waals surface area contributed by atoms with Crippen molar-refractivity contribution in [3.05, 3.63) is 35.4 Å². The molecule has 1 aliphatic carbocycles. The standard InChI is InChI=1S/C17H21NO2/c1-12(18-16(20)15-11-17(15,2)3)14-8-6-13(7-9-14)5-4-10-19/h6-9,12,15,19H,10-11H2,1-3H3,(H,18,20). The smallest absolute Gasteiger partial charge is 0.224 e. The molecule has 0 saturated heterocycles. The minimum absolute atomic E-state index is 0.00116. The summed E-state index contributed by atoms with van der Waals surface area (Å²) < 4.78 is 0. The van der Waals surface area contributed by atoms with Crippen LogP contribution >= 0.6 is 0 Å².